The minimum atomic E-state index is -0.157. The molecule has 3 aliphatic rings. The minimum absolute atomic E-state index is 0.0263. The van der Waals surface area contributed by atoms with Crippen LogP contribution in [0, 0.1) is 0 Å². The van der Waals surface area contributed by atoms with Crippen molar-refractivity contribution in [3.63, 3.8) is 0 Å². The SMILES string of the molecule is CC(=O)c1c(C2C[C@H]3CC[C@@H](C2)N3C(=O)c2ncn[nH]2)nc2c(-c3cnc(NC4CC4)nc3)cnn2c1N. The number of carbonyl (C=O) groups excluding carboxylic acids is 2. The summed E-state index contributed by atoms with van der Waals surface area (Å²) < 4.78 is 1.52. The largest absolute Gasteiger partial charge is 0.383 e. The van der Waals surface area contributed by atoms with Crippen molar-refractivity contribution in [2.75, 3.05) is 11.1 Å². The summed E-state index contributed by atoms with van der Waals surface area (Å²) in [5.74, 6) is 0.793. The first-order valence-electron chi connectivity index (χ1n) is 12.9. The monoisotopic (exact) mass is 513 g/mol. The van der Waals surface area contributed by atoms with Crippen LogP contribution in [0.5, 0.6) is 0 Å². The molecule has 2 saturated heterocycles. The summed E-state index contributed by atoms with van der Waals surface area (Å²) >= 11 is 0. The second-order valence-corrected chi connectivity index (χ2v) is 10.4. The highest BCUT2D eigenvalue weighted by Crippen LogP contribution is 2.45. The number of rotatable bonds is 6. The molecule has 2 bridgehead atoms. The van der Waals surface area contributed by atoms with E-state index in [2.05, 4.69) is 35.6 Å². The summed E-state index contributed by atoms with van der Waals surface area (Å²) in [5.41, 5.74) is 9.67. The third kappa shape index (κ3) is 3.68. The number of ketones is 1. The van der Waals surface area contributed by atoms with Gasteiger partial charge in [-0.3, -0.25) is 14.7 Å². The molecule has 194 valence electrons. The molecule has 1 unspecified atom stereocenters. The molecule has 1 saturated carbocycles. The van der Waals surface area contributed by atoms with Crippen molar-refractivity contribution >= 4 is 29.1 Å². The second kappa shape index (κ2) is 8.57. The number of nitrogens with two attached hydrogens (primary N) is 1. The molecule has 3 atom stereocenters. The summed E-state index contributed by atoms with van der Waals surface area (Å²) in [6, 6.07) is 0.513. The summed E-state index contributed by atoms with van der Waals surface area (Å²) in [6.07, 6.45) is 12.0. The average Bonchev–Trinajstić information content (AvgIpc) is 3.27. The number of anilines is 2. The number of nitrogen functional groups attached to an aromatic ring is 1. The fourth-order valence-electron chi connectivity index (χ4n) is 6.01. The Labute approximate surface area is 217 Å². The van der Waals surface area contributed by atoms with Crippen molar-refractivity contribution in [1.82, 2.24) is 44.6 Å². The lowest BCUT2D eigenvalue weighted by Crippen LogP contribution is -2.46. The Morgan fingerprint density at radius 1 is 1.05 bits per heavy atom. The third-order valence-corrected chi connectivity index (χ3v) is 7.91. The molecule has 2 aliphatic heterocycles. The predicted molar refractivity (Wildman–Crippen MR) is 136 cm³/mol. The lowest BCUT2D eigenvalue weighted by atomic mass is 9.85. The van der Waals surface area contributed by atoms with Crippen molar-refractivity contribution < 1.29 is 9.59 Å². The van der Waals surface area contributed by atoms with Gasteiger partial charge in [0.1, 0.15) is 12.1 Å². The number of carbonyl (C=O) groups is 2. The van der Waals surface area contributed by atoms with Crippen LogP contribution in [0.15, 0.2) is 24.9 Å². The Morgan fingerprint density at radius 2 is 1.79 bits per heavy atom. The topological polar surface area (TPSA) is 173 Å². The fourth-order valence-corrected chi connectivity index (χ4v) is 6.01. The van der Waals surface area contributed by atoms with Crippen molar-refractivity contribution in [1.29, 1.82) is 0 Å². The van der Waals surface area contributed by atoms with Gasteiger partial charge in [-0.05, 0) is 45.4 Å². The number of nitrogens with one attached hydrogen (secondary N) is 2. The van der Waals surface area contributed by atoms with Crippen LogP contribution in [-0.4, -0.2) is 74.5 Å². The van der Waals surface area contributed by atoms with E-state index in [0.717, 1.165) is 36.8 Å². The van der Waals surface area contributed by atoms with E-state index in [9.17, 15) is 9.59 Å². The molecule has 4 aromatic rings. The van der Waals surface area contributed by atoms with Gasteiger partial charge in [0.2, 0.25) is 11.8 Å². The van der Waals surface area contributed by atoms with Gasteiger partial charge in [-0.15, -0.1) is 0 Å². The van der Waals surface area contributed by atoms with Crippen LogP contribution in [-0.2, 0) is 0 Å². The maximum atomic E-state index is 13.1. The zero-order valence-corrected chi connectivity index (χ0v) is 20.8. The zero-order chi connectivity index (χ0) is 26.0. The number of H-pyrrole nitrogens is 1. The van der Waals surface area contributed by atoms with Gasteiger partial charge in [0.25, 0.3) is 5.91 Å². The number of piperidine rings is 1. The zero-order valence-electron chi connectivity index (χ0n) is 20.8. The Balaban J connectivity index is 1.25. The van der Waals surface area contributed by atoms with Gasteiger partial charge in [0.15, 0.2) is 11.4 Å². The third-order valence-electron chi connectivity index (χ3n) is 7.91. The van der Waals surface area contributed by atoms with E-state index in [4.69, 9.17) is 10.7 Å². The van der Waals surface area contributed by atoms with E-state index in [-0.39, 0.29) is 41.3 Å². The quantitative estimate of drug-likeness (QED) is 0.324. The molecule has 1 aliphatic carbocycles. The normalized spacial score (nSPS) is 22.7. The first kappa shape index (κ1) is 22.8. The molecule has 4 N–H and O–H groups in total. The first-order chi connectivity index (χ1) is 18.5. The van der Waals surface area contributed by atoms with E-state index >= 15 is 0 Å². The highest BCUT2D eigenvalue weighted by Gasteiger charge is 2.45. The number of fused-ring (bicyclic) bond motifs is 3. The number of nitrogens with zero attached hydrogens (tertiary/aromatic N) is 8. The molecule has 13 heteroatoms. The van der Waals surface area contributed by atoms with Gasteiger partial charge < -0.3 is 16.0 Å². The number of hydrogen-bond acceptors (Lipinski definition) is 10. The standard InChI is InChI=1S/C25H27N11O2/c1-12(37)19-20(13-6-16-4-5-17(7-13)35(16)24(38)22-29-11-30-34-22)33-23-18(10-31-36(23)21(19)26)14-8-27-25(28-9-14)32-15-2-3-15/h8-11,13,15-17H,2-7,26H2,1H3,(H,27,28,32)(H,29,30,34)/t13?,16-,17+. The average molecular weight is 514 g/mol. The Kier molecular flexibility index (Phi) is 5.13. The summed E-state index contributed by atoms with van der Waals surface area (Å²) in [7, 11) is 0. The van der Waals surface area contributed by atoms with E-state index in [1.165, 1.54) is 17.8 Å². The number of hydrogen-bond donors (Lipinski definition) is 3. The van der Waals surface area contributed by atoms with Crippen LogP contribution >= 0.6 is 0 Å². The summed E-state index contributed by atoms with van der Waals surface area (Å²) in [4.78, 5) is 45.8. The smallest absolute Gasteiger partial charge is 0.291 e. The van der Waals surface area contributed by atoms with Gasteiger partial charge >= 0.3 is 0 Å². The van der Waals surface area contributed by atoms with Crippen molar-refractivity contribution in [2.24, 2.45) is 0 Å². The van der Waals surface area contributed by atoms with E-state index in [1.54, 1.807) is 18.6 Å². The number of aromatic amines is 1. The molecule has 7 rings (SSSR count). The van der Waals surface area contributed by atoms with E-state index in [1.807, 2.05) is 4.90 Å². The molecule has 0 spiro atoms. The minimum Gasteiger partial charge on any atom is -0.383 e. The van der Waals surface area contributed by atoms with Crippen LogP contribution in [0.2, 0.25) is 0 Å². The molecule has 1 amide bonds. The van der Waals surface area contributed by atoms with Crippen LogP contribution in [0.4, 0.5) is 11.8 Å². The molecule has 4 aromatic heterocycles. The maximum absolute atomic E-state index is 13.1. The molecule has 38 heavy (non-hydrogen) atoms. The second-order valence-electron chi connectivity index (χ2n) is 10.4. The predicted octanol–water partition coefficient (Wildman–Crippen LogP) is 2.21. The fraction of sp³-hybridized carbons (Fsp3) is 0.440. The molecule has 13 nitrogen and oxygen atoms in total. The van der Waals surface area contributed by atoms with Crippen LogP contribution < -0.4 is 11.1 Å². The lowest BCUT2D eigenvalue weighted by Gasteiger charge is -2.38. The molecular formula is C25H27N11O2. The molecule has 3 fully saturated rings. The van der Waals surface area contributed by atoms with Gasteiger partial charge in [0, 0.05) is 47.6 Å². The highest BCUT2D eigenvalue weighted by molar-refractivity contribution is 6.00. The molecular weight excluding hydrogens is 486 g/mol. The lowest BCUT2D eigenvalue weighted by molar-refractivity contribution is 0.0556. The maximum Gasteiger partial charge on any atom is 0.291 e. The van der Waals surface area contributed by atoms with Crippen molar-refractivity contribution in [2.45, 2.75) is 69.5 Å². The Hall–Kier alpha value is -4.42. The van der Waals surface area contributed by atoms with Crippen LogP contribution in [0.25, 0.3) is 16.8 Å². The van der Waals surface area contributed by atoms with Gasteiger partial charge in [-0.2, -0.15) is 14.7 Å². The highest BCUT2D eigenvalue weighted by atomic mass is 16.2. The molecule has 0 aromatic carbocycles. The summed E-state index contributed by atoms with van der Waals surface area (Å²) in [6.45, 7) is 1.50. The summed E-state index contributed by atoms with van der Waals surface area (Å²) in [5, 5.41) is 14.2. The van der Waals surface area contributed by atoms with Crippen LogP contribution in [0.1, 0.15) is 78.0 Å². The van der Waals surface area contributed by atoms with Gasteiger partial charge in [0.05, 0.1) is 17.5 Å². The Morgan fingerprint density at radius 3 is 2.42 bits per heavy atom. The first-order valence-corrected chi connectivity index (χ1v) is 12.9. The number of amides is 1. The van der Waals surface area contributed by atoms with E-state index < -0.39 is 0 Å². The Bertz CT molecular complexity index is 1530. The number of Topliss-reactive ketones (excluding diaryl/α,β-unsaturated/α-hetero) is 1. The van der Waals surface area contributed by atoms with Gasteiger partial charge in [-0.1, -0.05) is 0 Å². The van der Waals surface area contributed by atoms with Crippen molar-refractivity contribution in [3.05, 3.63) is 42.0 Å². The molecule has 0 radical (unpaired) electrons. The number of aromatic nitrogens is 8. The molecule has 6 heterocycles. The van der Waals surface area contributed by atoms with E-state index in [0.29, 0.717) is 41.7 Å². The van der Waals surface area contributed by atoms with Gasteiger partial charge in [-0.25, -0.2) is 19.9 Å². The van der Waals surface area contributed by atoms with Crippen LogP contribution in [0.3, 0.4) is 0 Å². The van der Waals surface area contributed by atoms with Crippen molar-refractivity contribution in [3.8, 4) is 11.1 Å².